The van der Waals surface area contributed by atoms with Gasteiger partial charge in [-0.25, -0.2) is 4.79 Å². The molecule has 0 bridgehead atoms. The molecule has 0 rings (SSSR count). The Hall–Kier alpha value is -1.41. The van der Waals surface area contributed by atoms with Crippen molar-refractivity contribution >= 4 is 22.0 Å². The van der Waals surface area contributed by atoms with E-state index in [-0.39, 0.29) is 6.42 Å². The van der Waals surface area contributed by atoms with Crippen molar-refractivity contribution in [2.24, 2.45) is 0 Å². The number of ether oxygens (including phenoxy) is 1. The van der Waals surface area contributed by atoms with Gasteiger partial charge in [0.05, 0.1) is 13.4 Å². The van der Waals surface area contributed by atoms with E-state index in [1.165, 1.54) is 20.1 Å². The highest BCUT2D eigenvalue weighted by Crippen LogP contribution is 2.07. The van der Waals surface area contributed by atoms with E-state index in [4.69, 9.17) is 0 Å². The van der Waals surface area contributed by atoms with Crippen molar-refractivity contribution in [2.75, 3.05) is 13.4 Å². The zero-order valence-electron chi connectivity index (χ0n) is 11.2. The van der Waals surface area contributed by atoms with E-state index in [1.54, 1.807) is 0 Å². The van der Waals surface area contributed by atoms with E-state index in [0.717, 1.165) is 6.26 Å². The minimum absolute atomic E-state index is 0.149. The van der Waals surface area contributed by atoms with Crippen LogP contribution in [-0.2, 0) is 28.6 Å². The summed E-state index contributed by atoms with van der Waals surface area (Å²) in [6.45, 7) is 4.91. The first-order valence-corrected chi connectivity index (χ1v) is 7.40. The molecule has 0 spiro atoms. The number of allylic oxidation sites excluding steroid dienone is 1. The third-order valence-corrected chi connectivity index (χ3v) is 2.71. The van der Waals surface area contributed by atoms with Gasteiger partial charge in [0, 0.05) is 0 Å². The molecule has 8 heteroatoms. The average Bonchev–Trinajstić information content (AvgIpc) is 2.31. The Morgan fingerprint density at radius 1 is 1.42 bits per heavy atom. The second kappa shape index (κ2) is 7.90. The average molecular weight is 293 g/mol. The minimum atomic E-state index is -3.77. The van der Waals surface area contributed by atoms with Gasteiger partial charge in [0.1, 0.15) is 6.04 Å². The molecule has 19 heavy (non-hydrogen) atoms. The second-order valence-electron chi connectivity index (χ2n) is 3.91. The zero-order chi connectivity index (χ0) is 15.1. The first kappa shape index (κ1) is 17.6. The van der Waals surface area contributed by atoms with Crippen molar-refractivity contribution in [1.82, 2.24) is 5.32 Å². The number of esters is 1. The summed E-state index contributed by atoms with van der Waals surface area (Å²) in [6.07, 6.45) is 1.75. The Morgan fingerprint density at radius 3 is 2.42 bits per heavy atom. The summed E-state index contributed by atoms with van der Waals surface area (Å²) in [4.78, 5) is 23.0. The van der Waals surface area contributed by atoms with Gasteiger partial charge < -0.3 is 10.1 Å². The molecule has 0 aliphatic heterocycles. The van der Waals surface area contributed by atoms with Crippen LogP contribution in [0, 0.1) is 0 Å². The van der Waals surface area contributed by atoms with Gasteiger partial charge in [-0.15, -0.1) is 6.58 Å². The van der Waals surface area contributed by atoms with Gasteiger partial charge in [0.2, 0.25) is 0 Å². The van der Waals surface area contributed by atoms with Gasteiger partial charge in [-0.3, -0.25) is 8.98 Å². The minimum Gasteiger partial charge on any atom is -0.467 e. The number of rotatable bonds is 8. The fourth-order valence-corrected chi connectivity index (χ4v) is 1.85. The molecule has 0 aromatic rings. The number of nitrogens with one attached hydrogen (secondary N) is 1. The maximum absolute atomic E-state index is 11.8. The molecule has 0 saturated carbocycles. The van der Waals surface area contributed by atoms with Gasteiger partial charge in [0.15, 0.2) is 6.10 Å². The van der Waals surface area contributed by atoms with Gasteiger partial charge in [0.25, 0.3) is 16.0 Å². The van der Waals surface area contributed by atoms with Gasteiger partial charge >= 0.3 is 5.97 Å². The summed E-state index contributed by atoms with van der Waals surface area (Å²) in [7, 11) is -2.58. The van der Waals surface area contributed by atoms with Crippen LogP contribution in [0.4, 0.5) is 0 Å². The summed E-state index contributed by atoms with van der Waals surface area (Å²) < 4.78 is 31.3. The molecule has 0 aromatic carbocycles. The summed E-state index contributed by atoms with van der Waals surface area (Å²) >= 11 is 0. The van der Waals surface area contributed by atoms with Crippen molar-refractivity contribution in [2.45, 2.75) is 31.9 Å². The fraction of sp³-hybridized carbons (Fsp3) is 0.636. The maximum atomic E-state index is 11.8. The topological polar surface area (TPSA) is 98.8 Å². The van der Waals surface area contributed by atoms with E-state index in [2.05, 4.69) is 20.8 Å². The van der Waals surface area contributed by atoms with Crippen molar-refractivity contribution in [1.29, 1.82) is 0 Å². The number of carbonyl (C=O) groups is 2. The number of methoxy groups -OCH3 is 1. The summed E-state index contributed by atoms with van der Waals surface area (Å²) in [5.41, 5.74) is 0. The SMILES string of the molecule is C=CCC[C@@H](OS(C)(=O)=O)C(=O)NC(C)C(=O)OC. The van der Waals surface area contributed by atoms with Crippen LogP contribution in [0.5, 0.6) is 0 Å². The summed E-state index contributed by atoms with van der Waals surface area (Å²) in [5, 5.41) is 2.32. The summed E-state index contributed by atoms with van der Waals surface area (Å²) in [6, 6.07) is -0.883. The van der Waals surface area contributed by atoms with Crippen LogP contribution in [0.15, 0.2) is 12.7 Å². The van der Waals surface area contributed by atoms with Crippen LogP contribution in [-0.4, -0.2) is 45.8 Å². The molecule has 0 aliphatic rings. The predicted molar refractivity (Wildman–Crippen MR) is 68.8 cm³/mol. The van der Waals surface area contributed by atoms with Crippen molar-refractivity contribution in [3.8, 4) is 0 Å². The number of hydrogen-bond donors (Lipinski definition) is 1. The van der Waals surface area contributed by atoms with Gasteiger partial charge in [-0.05, 0) is 19.8 Å². The third kappa shape index (κ3) is 7.58. The molecule has 7 nitrogen and oxygen atoms in total. The molecule has 0 aromatic heterocycles. The lowest BCUT2D eigenvalue weighted by molar-refractivity contribution is -0.145. The van der Waals surface area contributed by atoms with Gasteiger partial charge in [-0.1, -0.05) is 6.08 Å². The first-order chi connectivity index (χ1) is 8.71. The molecule has 1 amide bonds. The standard InChI is InChI=1S/C11H19NO6S/c1-5-6-7-9(18-19(4,15)16)10(13)12-8(2)11(14)17-3/h5,8-9H,1,6-7H2,2-4H3,(H,12,13)/t8?,9-/m1/s1. The molecule has 1 N–H and O–H groups in total. The molecule has 110 valence electrons. The highest BCUT2D eigenvalue weighted by atomic mass is 32.2. The van der Waals surface area contributed by atoms with Crippen LogP contribution < -0.4 is 5.32 Å². The lowest BCUT2D eigenvalue weighted by atomic mass is 10.2. The predicted octanol–water partition coefficient (Wildman–Crippen LogP) is -0.0249. The van der Waals surface area contributed by atoms with Crippen LogP contribution >= 0.6 is 0 Å². The lowest BCUT2D eigenvalue weighted by Gasteiger charge is -2.18. The zero-order valence-corrected chi connectivity index (χ0v) is 12.0. The number of carbonyl (C=O) groups excluding carboxylic acids is 2. The Balaban J connectivity index is 4.71. The highest BCUT2D eigenvalue weighted by molar-refractivity contribution is 7.86. The van der Waals surface area contributed by atoms with E-state index in [9.17, 15) is 18.0 Å². The number of hydrogen-bond acceptors (Lipinski definition) is 6. The molecule has 1 unspecified atom stereocenters. The monoisotopic (exact) mass is 293 g/mol. The largest absolute Gasteiger partial charge is 0.467 e. The van der Waals surface area contributed by atoms with Crippen molar-refractivity contribution < 1.29 is 26.9 Å². The number of amides is 1. The quantitative estimate of drug-likeness (QED) is 0.383. The Labute approximate surface area is 113 Å². The second-order valence-corrected chi connectivity index (χ2v) is 5.51. The molecule has 0 saturated heterocycles. The van der Waals surface area contributed by atoms with Crippen molar-refractivity contribution in [3.05, 3.63) is 12.7 Å². The van der Waals surface area contributed by atoms with E-state index in [0.29, 0.717) is 6.42 Å². The smallest absolute Gasteiger partial charge is 0.328 e. The molecule has 0 radical (unpaired) electrons. The summed E-state index contributed by atoms with van der Waals surface area (Å²) in [5.74, 6) is -1.32. The molecule has 2 atom stereocenters. The molecular formula is C11H19NO6S. The Morgan fingerprint density at radius 2 is 2.00 bits per heavy atom. The molecule has 0 aliphatic carbocycles. The fourth-order valence-electron chi connectivity index (χ4n) is 1.25. The first-order valence-electron chi connectivity index (χ1n) is 5.58. The lowest BCUT2D eigenvalue weighted by Crippen LogP contribution is -2.45. The van der Waals surface area contributed by atoms with Crippen molar-refractivity contribution in [3.63, 3.8) is 0 Å². The van der Waals surface area contributed by atoms with E-state index in [1.807, 2.05) is 0 Å². The molecular weight excluding hydrogens is 274 g/mol. The molecule has 0 fully saturated rings. The van der Waals surface area contributed by atoms with Crippen LogP contribution in [0.3, 0.4) is 0 Å². The van der Waals surface area contributed by atoms with E-state index < -0.39 is 34.1 Å². The van der Waals surface area contributed by atoms with E-state index >= 15 is 0 Å². The Bertz CT molecular complexity index is 430. The van der Waals surface area contributed by atoms with Crippen LogP contribution in [0.25, 0.3) is 0 Å². The normalized spacial score (nSPS) is 14.3. The maximum Gasteiger partial charge on any atom is 0.328 e. The third-order valence-electron chi connectivity index (χ3n) is 2.13. The van der Waals surface area contributed by atoms with Gasteiger partial charge in [-0.2, -0.15) is 8.42 Å². The Kier molecular flexibility index (Phi) is 7.32. The molecule has 0 heterocycles. The van der Waals surface area contributed by atoms with Crippen LogP contribution in [0.2, 0.25) is 0 Å². The van der Waals surface area contributed by atoms with Crippen LogP contribution in [0.1, 0.15) is 19.8 Å². The highest BCUT2D eigenvalue weighted by Gasteiger charge is 2.26.